The first-order valence-electron chi connectivity index (χ1n) is 9.35. The number of allylic oxidation sites excluding steroid dienone is 2. The smallest absolute Gasteiger partial charge is 0.309 e. The summed E-state index contributed by atoms with van der Waals surface area (Å²) >= 11 is 0. The molecule has 3 unspecified atom stereocenters. The standard InChI is InChI=1S/C21H40O3/c1-9-19(6,15-20(7,10-2)16-22)13-12-18(4,5)14-21(8,11-3)17(23)24/h12-13,22H,9-11,14-16H2,1-8H3,(H,23,24). The van der Waals surface area contributed by atoms with E-state index in [0.717, 1.165) is 19.3 Å². The third-order valence-corrected chi connectivity index (χ3v) is 5.95. The normalized spacial score (nSPS) is 20.4. The molecule has 0 bridgehead atoms. The van der Waals surface area contributed by atoms with Gasteiger partial charge in [-0.15, -0.1) is 0 Å². The summed E-state index contributed by atoms with van der Waals surface area (Å²) in [5, 5.41) is 19.3. The van der Waals surface area contributed by atoms with Crippen molar-refractivity contribution in [3.8, 4) is 0 Å². The second kappa shape index (κ2) is 8.51. The molecule has 0 aromatic heterocycles. The molecule has 0 spiro atoms. The van der Waals surface area contributed by atoms with Crippen LogP contribution in [0.4, 0.5) is 0 Å². The molecular formula is C21H40O3. The van der Waals surface area contributed by atoms with E-state index in [-0.39, 0.29) is 22.9 Å². The van der Waals surface area contributed by atoms with Gasteiger partial charge in [-0.1, -0.05) is 60.6 Å². The number of carbonyl (C=O) groups is 1. The lowest BCUT2D eigenvalue weighted by Gasteiger charge is -2.37. The van der Waals surface area contributed by atoms with Gasteiger partial charge in [-0.25, -0.2) is 0 Å². The molecular weight excluding hydrogens is 300 g/mol. The number of hydrogen-bond donors (Lipinski definition) is 2. The predicted octanol–water partition coefficient (Wildman–Crippen LogP) is 5.67. The van der Waals surface area contributed by atoms with Crippen LogP contribution in [0.15, 0.2) is 12.2 Å². The Balaban J connectivity index is 5.32. The monoisotopic (exact) mass is 340 g/mol. The molecule has 0 aliphatic carbocycles. The molecule has 0 aliphatic heterocycles. The van der Waals surface area contributed by atoms with Gasteiger partial charge in [-0.2, -0.15) is 0 Å². The summed E-state index contributed by atoms with van der Waals surface area (Å²) in [5.74, 6) is -0.719. The van der Waals surface area contributed by atoms with Crippen molar-refractivity contribution in [2.45, 2.75) is 87.5 Å². The van der Waals surface area contributed by atoms with Gasteiger partial charge in [-0.3, -0.25) is 4.79 Å². The van der Waals surface area contributed by atoms with E-state index in [0.29, 0.717) is 12.8 Å². The van der Waals surface area contributed by atoms with Crippen molar-refractivity contribution in [1.82, 2.24) is 0 Å². The number of hydrogen-bond acceptors (Lipinski definition) is 2. The third-order valence-electron chi connectivity index (χ3n) is 5.95. The van der Waals surface area contributed by atoms with Crippen LogP contribution >= 0.6 is 0 Å². The number of carboxylic acids is 1. The summed E-state index contributed by atoms with van der Waals surface area (Å²) in [5.41, 5.74) is -0.935. The average Bonchev–Trinajstić information content (AvgIpc) is 2.52. The Morgan fingerprint density at radius 3 is 1.75 bits per heavy atom. The Morgan fingerprint density at radius 2 is 1.42 bits per heavy atom. The maximum atomic E-state index is 11.6. The summed E-state index contributed by atoms with van der Waals surface area (Å²) in [6.45, 7) is 16.9. The van der Waals surface area contributed by atoms with Gasteiger partial charge >= 0.3 is 5.97 Å². The summed E-state index contributed by atoms with van der Waals surface area (Å²) in [4.78, 5) is 11.6. The van der Waals surface area contributed by atoms with Crippen LogP contribution in [0, 0.1) is 21.7 Å². The molecule has 0 saturated heterocycles. The van der Waals surface area contributed by atoms with Crippen molar-refractivity contribution in [1.29, 1.82) is 0 Å². The van der Waals surface area contributed by atoms with Crippen LogP contribution in [0.1, 0.15) is 87.5 Å². The molecule has 142 valence electrons. The molecule has 0 rings (SSSR count). The van der Waals surface area contributed by atoms with Gasteiger partial charge in [0.25, 0.3) is 0 Å². The van der Waals surface area contributed by atoms with Crippen LogP contribution in [0.5, 0.6) is 0 Å². The highest BCUT2D eigenvalue weighted by atomic mass is 16.4. The highest BCUT2D eigenvalue weighted by Crippen LogP contribution is 2.42. The first-order valence-corrected chi connectivity index (χ1v) is 9.35. The van der Waals surface area contributed by atoms with Crippen molar-refractivity contribution in [2.24, 2.45) is 21.7 Å². The number of aliphatic hydroxyl groups is 1. The van der Waals surface area contributed by atoms with Gasteiger partial charge in [0, 0.05) is 6.61 Å². The lowest BCUT2D eigenvalue weighted by atomic mass is 9.68. The lowest BCUT2D eigenvalue weighted by molar-refractivity contribution is -0.149. The zero-order valence-corrected chi connectivity index (χ0v) is 17.2. The van der Waals surface area contributed by atoms with Gasteiger partial charge in [0.05, 0.1) is 5.41 Å². The second-order valence-electron chi connectivity index (χ2n) is 9.22. The second-order valence-corrected chi connectivity index (χ2v) is 9.22. The third kappa shape index (κ3) is 6.58. The largest absolute Gasteiger partial charge is 0.481 e. The zero-order valence-electron chi connectivity index (χ0n) is 17.2. The van der Waals surface area contributed by atoms with E-state index in [4.69, 9.17) is 0 Å². The van der Waals surface area contributed by atoms with Crippen molar-refractivity contribution in [3.63, 3.8) is 0 Å². The van der Waals surface area contributed by atoms with Crippen molar-refractivity contribution in [2.75, 3.05) is 6.61 Å². The Hall–Kier alpha value is -0.830. The van der Waals surface area contributed by atoms with E-state index in [1.165, 1.54) is 0 Å². The van der Waals surface area contributed by atoms with Gasteiger partial charge in [0.2, 0.25) is 0 Å². The van der Waals surface area contributed by atoms with Crippen LogP contribution in [0.2, 0.25) is 0 Å². The van der Waals surface area contributed by atoms with Crippen molar-refractivity contribution >= 4 is 5.97 Å². The number of carboxylic acid groups (broad SMARTS) is 1. The molecule has 3 nitrogen and oxygen atoms in total. The minimum absolute atomic E-state index is 0.0105. The Morgan fingerprint density at radius 1 is 0.875 bits per heavy atom. The van der Waals surface area contributed by atoms with Gasteiger partial charge in [0.15, 0.2) is 0 Å². The van der Waals surface area contributed by atoms with Crippen LogP contribution in [-0.4, -0.2) is 22.8 Å². The topological polar surface area (TPSA) is 57.5 Å². The minimum atomic E-state index is -0.719. The molecule has 2 N–H and O–H groups in total. The minimum Gasteiger partial charge on any atom is -0.481 e. The molecule has 0 heterocycles. The highest BCUT2D eigenvalue weighted by Gasteiger charge is 2.37. The number of aliphatic hydroxyl groups excluding tert-OH is 1. The maximum Gasteiger partial charge on any atom is 0.309 e. The highest BCUT2D eigenvalue weighted by molar-refractivity contribution is 5.74. The zero-order chi connectivity index (χ0) is 19.2. The Labute approximate surface area is 149 Å². The van der Waals surface area contributed by atoms with Crippen LogP contribution < -0.4 is 0 Å². The summed E-state index contributed by atoms with van der Waals surface area (Å²) in [6, 6.07) is 0. The van der Waals surface area contributed by atoms with Gasteiger partial charge in [-0.05, 0) is 55.3 Å². The molecule has 0 amide bonds. The molecule has 0 aliphatic rings. The van der Waals surface area contributed by atoms with E-state index in [9.17, 15) is 15.0 Å². The van der Waals surface area contributed by atoms with E-state index in [2.05, 4.69) is 53.7 Å². The maximum absolute atomic E-state index is 11.6. The molecule has 3 atom stereocenters. The molecule has 3 heteroatoms. The Kier molecular flexibility index (Phi) is 8.22. The molecule has 24 heavy (non-hydrogen) atoms. The lowest BCUT2D eigenvalue weighted by Crippen LogP contribution is -2.32. The fourth-order valence-corrected chi connectivity index (χ4v) is 3.41. The van der Waals surface area contributed by atoms with E-state index in [1.54, 1.807) is 0 Å². The average molecular weight is 341 g/mol. The molecule has 0 saturated carbocycles. The van der Waals surface area contributed by atoms with Gasteiger partial charge < -0.3 is 10.2 Å². The van der Waals surface area contributed by atoms with E-state index >= 15 is 0 Å². The molecule has 0 aromatic carbocycles. The summed E-state index contributed by atoms with van der Waals surface area (Å²) in [7, 11) is 0. The predicted molar refractivity (Wildman–Crippen MR) is 102 cm³/mol. The fraction of sp³-hybridized carbons (Fsp3) is 0.857. The first kappa shape index (κ1) is 23.2. The van der Waals surface area contributed by atoms with E-state index in [1.807, 2.05) is 13.8 Å². The molecule has 0 radical (unpaired) electrons. The fourth-order valence-electron chi connectivity index (χ4n) is 3.41. The molecule has 0 aromatic rings. The molecule has 0 fully saturated rings. The number of aliphatic carboxylic acids is 1. The van der Waals surface area contributed by atoms with Crippen LogP contribution in [0.25, 0.3) is 0 Å². The van der Waals surface area contributed by atoms with Crippen LogP contribution in [-0.2, 0) is 4.79 Å². The Bertz CT molecular complexity index is 434. The van der Waals surface area contributed by atoms with E-state index < -0.39 is 11.4 Å². The first-order chi connectivity index (χ1) is 10.8. The number of rotatable bonds is 11. The van der Waals surface area contributed by atoms with Crippen molar-refractivity contribution in [3.05, 3.63) is 12.2 Å². The van der Waals surface area contributed by atoms with Gasteiger partial charge in [0.1, 0.15) is 0 Å². The summed E-state index contributed by atoms with van der Waals surface area (Å²) < 4.78 is 0. The summed E-state index contributed by atoms with van der Waals surface area (Å²) in [6.07, 6.45) is 8.58. The van der Waals surface area contributed by atoms with Crippen molar-refractivity contribution < 1.29 is 15.0 Å². The van der Waals surface area contributed by atoms with Crippen LogP contribution in [0.3, 0.4) is 0 Å². The SMILES string of the molecule is CCC(C)(C=CC(C)(C)CC(C)(CC)C(=O)O)CC(C)(CC)CO. The quantitative estimate of drug-likeness (QED) is 0.476.